The zero-order valence-corrected chi connectivity index (χ0v) is 13.8. The van der Waals surface area contributed by atoms with Crippen LogP contribution >= 0.6 is 15.9 Å². The quantitative estimate of drug-likeness (QED) is 0.747. The van der Waals surface area contributed by atoms with E-state index in [0.29, 0.717) is 16.3 Å². The van der Waals surface area contributed by atoms with Gasteiger partial charge in [-0.3, -0.25) is 0 Å². The molecule has 1 N–H and O–H groups in total. The Kier molecular flexibility index (Phi) is 5.76. The van der Waals surface area contributed by atoms with Gasteiger partial charge in [-0.2, -0.15) is 0 Å². The third kappa shape index (κ3) is 4.29. The molecule has 1 unspecified atom stereocenters. The van der Waals surface area contributed by atoms with E-state index in [0.717, 1.165) is 18.7 Å². The topological polar surface area (TPSA) is 21.3 Å². The fraction of sp³-hybridized carbons (Fsp3) is 0.294. The lowest BCUT2D eigenvalue weighted by atomic mass is 10.0. The van der Waals surface area contributed by atoms with Crippen molar-refractivity contribution in [1.29, 1.82) is 0 Å². The van der Waals surface area contributed by atoms with Gasteiger partial charge < -0.3 is 10.1 Å². The highest BCUT2D eigenvalue weighted by atomic mass is 79.9. The summed E-state index contributed by atoms with van der Waals surface area (Å²) in [5.41, 5.74) is 1.19. The fourth-order valence-electron chi connectivity index (χ4n) is 2.22. The van der Waals surface area contributed by atoms with E-state index in [1.54, 1.807) is 12.1 Å². The normalized spacial score (nSPS) is 12.2. The molecule has 0 amide bonds. The lowest BCUT2D eigenvalue weighted by Gasteiger charge is -2.17. The molecule has 0 aliphatic rings. The molecule has 2 rings (SSSR count). The molecular weight excluding hydrogens is 333 g/mol. The molecule has 4 heteroatoms. The average molecular weight is 352 g/mol. The van der Waals surface area contributed by atoms with Crippen LogP contribution in [0.15, 0.2) is 46.9 Å². The second-order valence-corrected chi connectivity index (χ2v) is 5.62. The minimum absolute atomic E-state index is 0.297. The number of hydrogen-bond donors (Lipinski definition) is 1. The van der Waals surface area contributed by atoms with E-state index in [1.165, 1.54) is 11.6 Å². The highest BCUT2D eigenvalue weighted by molar-refractivity contribution is 9.10. The van der Waals surface area contributed by atoms with Gasteiger partial charge in [0.2, 0.25) is 0 Å². The van der Waals surface area contributed by atoms with E-state index in [-0.39, 0.29) is 5.82 Å². The maximum Gasteiger partial charge on any atom is 0.137 e. The maximum absolute atomic E-state index is 13.2. The van der Waals surface area contributed by atoms with Crippen molar-refractivity contribution in [1.82, 2.24) is 5.32 Å². The molecule has 2 aromatic rings. The molecule has 112 valence electrons. The summed E-state index contributed by atoms with van der Waals surface area (Å²) in [5.74, 6) is 1.06. The fourth-order valence-corrected chi connectivity index (χ4v) is 2.57. The van der Waals surface area contributed by atoms with E-state index < -0.39 is 0 Å². The van der Waals surface area contributed by atoms with Gasteiger partial charge in [-0.25, -0.2) is 4.39 Å². The molecule has 0 fully saturated rings. The highest BCUT2D eigenvalue weighted by Gasteiger charge is 2.09. The highest BCUT2D eigenvalue weighted by Crippen LogP contribution is 2.28. The van der Waals surface area contributed by atoms with Gasteiger partial charge >= 0.3 is 0 Å². The Morgan fingerprint density at radius 3 is 2.57 bits per heavy atom. The van der Waals surface area contributed by atoms with E-state index in [4.69, 9.17) is 4.74 Å². The van der Waals surface area contributed by atoms with Crippen LogP contribution < -0.4 is 10.1 Å². The molecule has 21 heavy (non-hydrogen) atoms. The maximum atomic E-state index is 13.2. The third-order valence-electron chi connectivity index (χ3n) is 3.25. The van der Waals surface area contributed by atoms with Crippen molar-refractivity contribution in [2.75, 3.05) is 6.54 Å². The van der Waals surface area contributed by atoms with Gasteiger partial charge in [0, 0.05) is 6.04 Å². The largest absolute Gasteiger partial charge is 0.457 e. The Labute approximate surface area is 133 Å². The number of rotatable bonds is 6. The van der Waals surface area contributed by atoms with Crippen molar-refractivity contribution < 1.29 is 9.13 Å². The van der Waals surface area contributed by atoms with Crippen LogP contribution in [0.3, 0.4) is 0 Å². The van der Waals surface area contributed by atoms with Crippen molar-refractivity contribution in [3.8, 4) is 11.5 Å². The summed E-state index contributed by atoms with van der Waals surface area (Å²) in [4.78, 5) is 0. The van der Waals surface area contributed by atoms with Crippen molar-refractivity contribution in [2.45, 2.75) is 26.3 Å². The predicted molar refractivity (Wildman–Crippen MR) is 87.3 cm³/mol. The Bertz CT molecular complexity index is 603. The summed E-state index contributed by atoms with van der Waals surface area (Å²) in [7, 11) is 0. The van der Waals surface area contributed by atoms with E-state index in [9.17, 15) is 4.39 Å². The van der Waals surface area contributed by atoms with Gasteiger partial charge in [0.1, 0.15) is 17.3 Å². The van der Waals surface area contributed by atoms with Crippen LogP contribution in [0, 0.1) is 5.82 Å². The van der Waals surface area contributed by atoms with Crippen LogP contribution in [0.5, 0.6) is 11.5 Å². The number of ether oxygens (including phenoxy) is 1. The summed E-state index contributed by atoms with van der Waals surface area (Å²) in [6, 6.07) is 12.9. The second kappa shape index (κ2) is 7.57. The summed E-state index contributed by atoms with van der Waals surface area (Å²) < 4.78 is 19.4. The van der Waals surface area contributed by atoms with Crippen molar-refractivity contribution >= 4 is 15.9 Å². The lowest BCUT2D eigenvalue weighted by molar-refractivity contribution is 0.475. The molecule has 0 heterocycles. The monoisotopic (exact) mass is 351 g/mol. The molecule has 1 atom stereocenters. The van der Waals surface area contributed by atoms with Crippen molar-refractivity contribution in [2.24, 2.45) is 0 Å². The van der Waals surface area contributed by atoms with Crippen LogP contribution in [0.1, 0.15) is 31.9 Å². The molecular formula is C17H19BrFNO. The minimum atomic E-state index is -0.297. The second-order valence-electron chi connectivity index (χ2n) is 4.77. The van der Waals surface area contributed by atoms with Gasteiger partial charge in [-0.15, -0.1) is 0 Å². The molecule has 0 aliphatic heterocycles. The molecule has 0 aromatic heterocycles. The first-order valence-corrected chi connectivity index (χ1v) is 7.89. The lowest BCUT2D eigenvalue weighted by Crippen LogP contribution is -2.19. The van der Waals surface area contributed by atoms with Crippen molar-refractivity contribution in [3.05, 3.63) is 58.3 Å². The number of nitrogens with one attached hydrogen (secondary N) is 1. The van der Waals surface area contributed by atoms with E-state index in [2.05, 4.69) is 41.2 Å². The van der Waals surface area contributed by atoms with Gasteiger partial charge in [-0.05, 0) is 64.8 Å². The summed E-state index contributed by atoms with van der Waals surface area (Å²) in [6.07, 6.45) is 1.01. The molecule has 0 saturated heterocycles. The standard InChI is InChI=1S/C17H19BrFNO/c1-3-17(20-4-2)12-6-5-7-13(10-12)21-14-8-9-16(19)15(18)11-14/h5-11,17,20H,3-4H2,1-2H3. The molecule has 0 saturated carbocycles. The SMILES string of the molecule is CCNC(CC)c1cccc(Oc2ccc(F)c(Br)c2)c1. The zero-order chi connectivity index (χ0) is 15.2. The van der Waals surface area contributed by atoms with Crippen LogP contribution in [-0.2, 0) is 0 Å². The van der Waals surface area contributed by atoms with Crippen molar-refractivity contribution in [3.63, 3.8) is 0 Å². The predicted octanol–water partition coefficient (Wildman–Crippen LogP) is 5.44. The van der Waals surface area contributed by atoms with Crippen LogP contribution in [0.25, 0.3) is 0 Å². The zero-order valence-electron chi connectivity index (χ0n) is 12.2. The summed E-state index contributed by atoms with van der Waals surface area (Å²) in [5, 5.41) is 3.44. The Morgan fingerprint density at radius 1 is 1.14 bits per heavy atom. The molecule has 0 radical (unpaired) electrons. The van der Waals surface area contributed by atoms with Crippen LogP contribution in [0.2, 0.25) is 0 Å². The molecule has 0 aliphatic carbocycles. The van der Waals surface area contributed by atoms with Gasteiger partial charge in [0.15, 0.2) is 0 Å². The van der Waals surface area contributed by atoms with Crippen LogP contribution in [0.4, 0.5) is 4.39 Å². The average Bonchev–Trinajstić information content (AvgIpc) is 2.49. The molecule has 2 aromatic carbocycles. The number of benzene rings is 2. The van der Waals surface area contributed by atoms with E-state index in [1.807, 2.05) is 18.2 Å². The molecule has 2 nitrogen and oxygen atoms in total. The summed E-state index contributed by atoms with van der Waals surface area (Å²) >= 11 is 3.16. The minimum Gasteiger partial charge on any atom is -0.457 e. The van der Waals surface area contributed by atoms with Gasteiger partial charge in [0.25, 0.3) is 0 Å². The van der Waals surface area contributed by atoms with Crippen LogP contribution in [-0.4, -0.2) is 6.54 Å². The third-order valence-corrected chi connectivity index (χ3v) is 3.85. The first-order chi connectivity index (χ1) is 10.1. The first-order valence-electron chi connectivity index (χ1n) is 7.10. The Morgan fingerprint density at radius 2 is 1.90 bits per heavy atom. The molecule has 0 spiro atoms. The first kappa shape index (κ1) is 16.0. The Balaban J connectivity index is 2.18. The summed E-state index contributed by atoms with van der Waals surface area (Å²) in [6.45, 7) is 5.17. The van der Waals surface area contributed by atoms with E-state index >= 15 is 0 Å². The van der Waals surface area contributed by atoms with Gasteiger partial charge in [0.05, 0.1) is 4.47 Å². The Hall–Kier alpha value is -1.39. The number of hydrogen-bond acceptors (Lipinski definition) is 2. The van der Waals surface area contributed by atoms with Gasteiger partial charge in [-0.1, -0.05) is 26.0 Å². The molecule has 0 bridgehead atoms. The number of halogens is 2. The smallest absolute Gasteiger partial charge is 0.137 e.